The van der Waals surface area contributed by atoms with Crippen LogP contribution in [-0.2, 0) is 11.2 Å². The molecule has 8 heteroatoms. The molecule has 1 amide bonds. The summed E-state index contributed by atoms with van der Waals surface area (Å²) >= 11 is 13.5. The van der Waals surface area contributed by atoms with Gasteiger partial charge >= 0.3 is 0 Å². The van der Waals surface area contributed by atoms with E-state index in [0.29, 0.717) is 31.8 Å². The number of hydrogen-bond acceptors (Lipinski definition) is 4. The minimum absolute atomic E-state index is 0.000113. The fourth-order valence-corrected chi connectivity index (χ4v) is 5.45. The number of benzene rings is 3. The van der Waals surface area contributed by atoms with Crippen molar-refractivity contribution in [1.82, 2.24) is 14.9 Å². The van der Waals surface area contributed by atoms with E-state index in [-0.39, 0.29) is 23.3 Å². The van der Waals surface area contributed by atoms with E-state index in [1.807, 2.05) is 18.2 Å². The zero-order valence-electron chi connectivity index (χ0n) is 18.1. The molecule has 0 spiro atoms. The molecule has 0 bridgehead atoms. The van der Waals surface area contributed by atoms with Gasteiger partial charge in [0.25, 0.3) is 5.56 Å². The monoisotopic (exact) mass is 509 g/mol. The van der Waals surface area contributed by atoms with Crippen LogP contribution in [0.1, 0.15) is 30.0 Å². The van der Waals surface area contributed by atoms with Crippen molar-refractivity contribution in [3.8, 4) is 5.69 Å². The number of amides is 1. The predicted molar refractivity (Wildman–Crippen MR) is 138 cm³/mol. The molecule has 1 heterocycles. The maximum atomic E-state index is 13.4. The van der Waals surface area contributed by atoms with E-state index < -0.39 is 0 Å². The molecule has 0 saturated carbocycles. The fourth-order valence-electron chi connectivity index (χ4n) is 4.33. The third-order valence-corrected chi connectivity index (χ3v) is 7.62. The fraction of sp³-hybridized carbons (Fsp3) is 0.192. The average Bonchev–Trinajstić information content (AvgIpc) is 2.85. The lowest BCUT2D eigenvalue weighted by Crippen LogP contribution is -2.32. The van der Waals surface area contributed by atoms with E-state index in [0.717, 1.165) is 19.3 Å². The summed E-state index contributed by atoms with van der Waals surface area (Å²) in [5.74, 6) is 0.0277. The summed E-state index contributed by atoms with van der Waals surface area (Å²) in [5.41, 5.74) is 3.36. The van der Waals surface area contributed by atoms with Crippen molar-refractivity contribution in [3.63, 3.8) is 0 Å². The van der Waals surface area contributed by atoms with Crippen LogP contribution in [0.3, 0.4) is 0 Å². The molecule has 0 saturated heterocycles. The standard InChI is InChI=1S/C26H21Cl2N3O2S/c27-20-13-12-17(14-21(20)28)31-25(33)19-9-3-4-10-23(19)30-26(31)34-15-24(32)29-22-11-5-7-16-6-1-2-8-18(16)22/h1-4,6,8-10,12-14,22H,5,7,11,15H2,(H,29,32). The second-order valence-electron chi connectivity index (χ2n) is 8.15. The van der Waals surface area contributed by atoms with Crippen LogP contribution in [0.4, 0.5) is 0 Å². The molecule has 1 atom stereocenters. The molecule has 1 aliphatic carbocycles. The van der Waals surface area contributed by atoms with Gasteiger partial charge in [0.15, 0.2) is 5.16 Å². The van der Waals surface area contributed by atoms with Gasteiger partial charge in [0.2, 0.25) is 5.91 Å². The van der Waals surface area contributed by atoms with Crippen LogP contribution in [0.25, 0.3) is 16.6 Å². The number of carbonyl (C=O) groups excluding carboxylic acids is 1. The Bertz CT molecular complexity index is 1450. The van der Waals surface area contributed by atoms with Gasteiger partial charge in [0.05, 0.1) is 38.4 Å². The summed E-state index contributed by atoms with van der Waals surface area (Å²) in [6, 6.07) is 20.4. The number of fused-ring (bicyclic) bond motifs is 2. The zero-order valence-corrected chi connectivity index (χ0v) is 20.5. The molecule has 3 aromatic carbocycles. The number of aromatic nitrogens is 2. The highest BCUT2D eigenvalue weighted by molar-refractivity contribution is 7.99. The first-order valence-electron chi connectivity index (χ1n) is 11.0. The quantitative estimate of drug-likeness (QED) is 0.265. The van der Waals surface area contributed by atoms with E-state index in [9.17, 15) is 9.59 Å². The minimum Gasteiger partial charge on any atom is -0.349 e. The van der Waals surface area contributed by atoms with Gasteiger partial charge in [-0.1, -0.05) is 71.4 Å². The first-order chi connectivity index (χ1) is 16.5. The van der Waals surface area contributed by atoms with Gasteiger partial charge in [0.1, 0.15) is 0 Å². The number of hydrogen-bond donors (Lipinski definition) is 1. The SMILES string of the molecule is O=C(CSc1nc2ccccc2c(=O)n1-c1ccc(Cl)c(Cl)c1)NC1CCCc2ccccc21. The van der Waals surface area contributed by atoms with Gasteiger partial charge in [-0.25, -0.2) is 4.98 Å². The molecule has 5 rings (SSSR count). The highest BCUT2D eigenvalue weighted by atomic mass is 35.5. The number of rotatable bonds is 5. The van der Waals surface area contributed by atoms with Gasteiger partial charge in [-0.05, 0) is 60.7 Å². The number of aryl methyl sites for hydroxylation is 1. The van der Waals surface area contributed by atoms with Crippen LogP contribution >= 0.6 is 35.0 Å². The molecule has 172 valence electrons. The van der Waals surface area contributed by atoms with Crippen molar-refractivity contribution in [2.45, 2.75) is 30.5 Å². The van der Waals surface area contributed by atoms with Gasteiger partial charge in [-0.3, -0.25) is 14.2 Å². The summed E-state index contributed by atoms with van der Waals surface area (Å²) < 4.78 is 1.48. The highest BCUT2D eigenvalue weighted by Gasteiger charge is 2.22. The molecule has 5 nitrogen and oxygen atoms in total. The lowest BCUT2D eigenvalue weighted by molar-refractivity contribution is -0.119. The summed E-state index contributed by atoms with van der Waals surface area (Å²) in [6.07, 6.45) is 2.99. The Kier molecular flexibility index (Phi) is 6.63. The smallest absolute Gasteiger partial charge is 0.266 e. The first-order valence-corrected chi connectivity index (χ1v) is 12.7. The maximum Gasteiger partial charge on any atom is 0.266 e. The van der Waals surface area contributed by atoms with E-state index in [2.05, 4.69) is 22.4 Å². The molecule has 34 heavy (non-hydrogen) atoms. The second-order valence-corrected chi connectivity index (χ2v) is 9.91. The molecule has 0 aliphatic heterocycles. The van der Waals surface area contributed by atoms with Crippen molar-refractivity contribution in [2.24, 2.45) is 0 Å². The van der Waals surface area contributed by atoms with Crippen LogP contribution in [-0.4, -0.2) is 21.2 Å². The second kappa shape index (κ2) is 9.82. The molecule has 1 N–H and O–H groups in total. The topological polar surface area (TPSA) is 64.0 Å². The maximum absolute atomic E-state index is 13.4. The van der Waals surface area contributed by atoms with Crippen molar-refractivity contribution < 1.29 is 4.79 Å². The molecule has 0 fully saturated rings. The van der Waals surface area contributed by atoms with Crippen molar-refractivity contribution in [2.75, 3.05) is 5.75 Å². The van der Waals surface area contributed by atoms with E-state index in [1.54, 1.807) is 36.4 Å². The Hall–Kier alpha value is -2.80. The van der Waals surface area contributed by atoms with E-state index in [1.165, 1.54) is 27.5 Å². The van der Waals surface area contributed by atoms with Gasteiger partial charge in [-0.15, -0.1) is 0 Å². The number of thioether (sulfide) groups is 1. The lowest BCUT2D eigenvalue weighted by atomic mass is 9.88. The van der Waals surface area contributed by atoms with Gasteiger partial charge < -0.3 is 5.32 Å². The lowest BCUT2D eigenvalue weighted by Gasteiger charge is -2.26. The van der Waals surface area contributed by atoms with Crippen LogP contribution in [0.2, 0.25) is 10.0 Å². The van der Waals surface area contributed by atoms with E-state index in [4.69, 9.17) is 23.2 Å². The number of nitrogens with zero attached hydrogens (tertiary/aromatic N) is 2. The Labute approximate surface area is 211 Å². The first kappa shape index (κ1) is 23.0. The number of carbonyl (C=O) groups is 1. The largest absolute Gasteiger partial charge is 0.349 e. The van der Waals surface area contributed by atoms with Crippen molar-refractivity contribution in [1.29, 1.82) is 0 Å². The van der Waals surface area contributed by atoms with E-state index >= 15 is 0 Å². The molecule has 0 radical (unpaired) electrons. The van der Waals surface area contributed by atoms with Crippen molar-refractivity contribution in [3.05, 3.63) is 98.3 Å². The molecular formula is C26H21Cl2N3O2S. The number of halogens is 2. The Morgan fingerprint density at radius 1 is 1.06 bits per heavy atom. The third kappa shape index (κ3) is 4.58. The molecule has 1 unspecified atom stereocenters. The summed E-state index contributed by atoms with van der Waals surface area (Å²) in [7, 11) is 0. The summed E-state index contributed by atoms with van der Waals surface area (Å²) in [4.78, 5) is 31.0. The Morgan fingerprint density at radius 2 is 1.85 bits per heavy atom. The highest BCUT2D eigenvalue weighted by Crippen LogP contribution is 2.30. The molecule has 1 aliphatic rings. The average molecular weight is 510 g/mol. The van der Waals surface area contributed by atoms with Crippen LogP contribution in [0, 0.1) is 0 Å². The predicted octanol–water partition coefficient (Wildman–Crippen LogP) is 5.98. The van der Waals surface area contributed by atoms with Gasteiger partial charge in [-0.2, -0.15) is 0 Å². The van der Waals surface area contributed by atoms with Crippen LogP contribution in [0.15, 0.2) is 76.7 Å². The van der Waals surface area contributed by atoms with Crippen LogP contribution < -0.4 is 10.9 Å². The Balaban J connectivity index is 1.44. The Morgan fingerprint density at radius 3 is 2.71 bits per heavy atom. The van der Waals surface area contributed by atoms with Crippen molar-refractivity contribution >= 4 is 51.8 Å². The number of nitrogens with one attached hydrogen (secondary N) is 1. The molecule has 4 aromatic rings. The minimum atomic E-state index is -0.229. The molecule has 1 aromatic heterocycles. The summed E-state index contributed by atoms with van der Waals surface area (Å²) in [6.45, 7) is 0. The third-order valence-electron chi connectivity index (χ3n) is 5.94. The number of para-hydroxylation sites is 1. The van der Waals surface area contributed by atoms with Gasteiger partial charge in [0, 0.05) is 0 Å². The van der Waals surface area contributed by atoms with Crippen LogP contribution in [0.5, 0.6) is 0 Å². The normalized spacial score (nSPS) is 15.2. The summed E-state index contributed by atoms with van der Waals surface area (Å²) in [5, 5.41) is 4.80. The zero-order chi connectivity index (χ0) is 23.7. The molecular weight excluding hydrogens is 489 g/mol.